The first-order valence-electron chi connectivity index (χ1n) is 6.10. The second-order valence-corrected chi connectivity index (χ2v) is 6.76. The van der Waals surface area contributed by atoms with Gasteiger partial charge in [-0.2, -0.15) is 0 Å². The number of halogens is 1. The van der Waals surface area contributed by atoms with Crippen molar-refractivity contribution in [2.75, 3.05) is 0 Å². The Labute approximate surface area is 109 Å². The standard InChI is InChI=1S/C15H23Br/c1-6-14(16)11(2)12-7-9-13(10-8-12)15(3,4)5/h7-11,14H,6H2,1-5H3. The molecule has 0 radical (unpaired) electrons. The van der Waals surface area contributed by atoms with Crippen LogP contribution in [0, 0.1) is 0 Å². The summed E-state index contributed by atoms with van der Waals surface area (Å²) in [7, 11) is 0. The first kappa shape index (κ1) is 13.8. The quantitative estimate of drug-likeness (QED) is 0.664. The number of hydrogen-bond donors (Lipinski definition) is 0. The predicted molar refractivity (Wildman–Crippen MR) is 76.6 cm³/mol. The van der Waals surface area contributed by atoms with E-state index in [4.69, 9.17) is 0 Å². The second-order valence-electron chi connectivity index (χ2n) is 5.58. The van der Waals surface area contributed by atoms with E-state index in [1.54, 1.807) is 0 Å². The highest BCUT2D eigenvalue weighted by Gasteiger charge is 2.16. The van der Waals surface area contributed by atoms with Crippen LogP contribution in [0.3, 0.4) is 0 Å². The summed E-state index contributed by atoms with van der Waals surface area (Å²) in [5.41, 5.74) is 3.09. The van der Waals surface area contributed by atoms with Gasteiger partial charge in [0.1, 0.15) is 0 Å². The Balaban J connectivity index is 2.87. The monoisotopic (exact) mass is 282 g/mol. The SMILES string of the molecule is CCC(Br)C(C)c1ccc(C(C)(C)C)cc1. The molecule has 16 heavy (non-hydrogen) atoms. The van der Waals surface area contributed by atoms with Crippen LogP contribution in [-0.2, 0) is 5.41 Å². The highest BCUT2D eigenvalue weighted by molar-refractivity contribution is 9.09. The van der Waals surface area contributed by atoms with Gasteiger partial charge in [-0.25, -0.2) is 0 Å². The summed E-state index contributed by atoms with van der Waals surface area (Å²) >= 11 is 3.74. The lowest BCUT2D eigenvalue weighted by atomic mass is 9.85. The smallest absolute Gasteiger partial charge is 0.0209 e. The van der Waals surface area contributed by atoms with Gasteiger partial charge in [-0.1, -0.05) is 74.8 Å². The predicted octanol–water partition coefficient (Wildman–Crippen LogP) is 5.26. The molecular weight excluding hydrogens is 260 g/mol. The third-order valence-electron chi connectivity index (χ3n) is 3.24. The van der Waals surface area contributed by atoms with Gasteiger partial charge in [0, 0.05) is 4.83 Å². The van der Waals surface area contributed by atoms with Gasteiger partial charge < -0.3 is 0 Å². The molecule has 1 aromatic rings. The van der Waals surface area contributed by atoms with Crippen LogP contribution in [0.1, 0.15) is 58.1 Å². The largest absolute Gasteiger partial charge is 0.0884 e. The maximum atomic E-state index is 3.74. The minimum Gasteiger partial charge on any atom is -0.0884 e. The molecule has 1 aromatic carbocycles. The van der Waals surface area contributed by atoms with Crippen molar-refractivity contribution >= 4 is 15.9 Å². The number of hydrogen-bond acceptors (Lipinski definition) is 0. The molecular formula is C15H23Br. The van der Waals surface area contributed by atoms with Gasteiger partial charge >= 0.3 is 0 Å². The summed E-state index contributed by atoms with van der Waals surface area (Å²) in [6, 6.07) is 9.08. The molecule has 0 saturated carbocycles. The Morgan fingerprint density at radius 1 is 1.12 bits per heavy atom. The van der Waals surface area contributed by atoms with Gasteiger partial charge in [0.25, 0.3) is 0 Å². The van der Waals surface area contributed by atoms with E-state index < -0.39 is 0 Å². The third-order valence-corrected chi connectivity index (χ3v) is 4.68. The van der Waals surface area contributed by atoms with Crippen LogP contribution in [0.15, 0.2) is 24.3 Å². The summed E-state index contributed by atoms with van der Waals surface area (Å²) < 4.78 is 0. The van der Waals surface area contributed by atoms with E-state index in [1.165, 1.54) is 17.5 Å². The molecule has 0 N–H and O–H groups in total. The van der Waals surface area contributed by atoms with Crippen molar-refractivity contribution in [2.45, 2.75) is 57.2 Å². The van der Waals surface area contributed by atoms with Crippen LogP contribution in [0.4, 0.5) is 0 Å². The van der Waals surface area contributed by atoms with Crippen LogP contribution in [0.2, 0.25) is 0 Å². The molecule has 1 heteroatoms. The fourth-order valence-electron chi connectivity index (χ4n) is 1.85. The Morgan fingerprint density at radius 3 is 2.00 bits per heavy atom. The minimum atomic E-state index is 0.250. The van der Waals surface area contributed by atoms with E-state index in [0.717, 1.165) is 0 Å². The summed E-state index contributed by atoms with van der Waals surface area (Å²) in [5, 5.41) is 0. The average Bonchev–Trinajstić information content (AvgIpc) is 2.26. The first-order chi connectivity index (χ1) is 7.36. The summed E-state index contributed by atoms with van der Waals surface area (Å²) in [6.07, 6.45) is 1.17. The van der Waals surface area contributed by atoms with Gasteiger partial charge in [-0.05, 0) is 28.9 Å². The van der Waals surface area contributed by atoms with E-state index in [-0.39, 0.29) is 5.41 Å². The van der Waals surface area contributed by atoms with Crippen molar-refractivity contribution in [3.8, 4) is 0 Å². The number of benzene rings is 1. The molecule has 0 saturated heterocycles. The van der Waals surface area contributed by atoms with E-state index >= 15 is 0 Å². The maximum Gasteiger partial charge on any atom is 0.0209 e. The normalized spacial score (nSPS) is 15.9. The maximum absolute atomic E-state index is 3.74. The molecule has 0 spiro atoms. The van der Waals surface area contributed by atoms with E-state index in [2.05, 4.69) is 74.8 Å². The van der Waals surface area contributed by atoms with Gasteiger partial charge in [0.05, 0.1) is 0 Å². The number of rotatable bonds is 3. The fraction of sp³-hybridized carbons (Fsp3) is 0.600. The molecule has 2 atom stereocenters. The zero-order chi connectivity index (χ0) is 12.3. The molecule has 0 aliphatic rings. The minimum absolute atomic E-state index is 0.250. The summed E-state index contributed by atoms with van der Waals surface area (Å²) in [5.74, 6) is 0.582. The fourth-order valence-corrected chi connectivity index (χ4v) is 2.15. The lowest BCUT2D eigenvalue weighted by Crippen LogP contribution is -2.12. The Hall–Kier alpha value is -0.300. The lowest BCUT2D eigenvalue weighted by molar-refractivity contribution is 0.589. The van der Waals surface area contributed by atoms with Crippen LogP contribution in [-0.4, -0.2) is 4.83 Å². The van der Waals surface area contributed by atoms with E-state index in [9.17, 15) is 0 Å². The van der Waals surface area contributed by atoms with Crippen molar-refractivity contribution in [3.63, 3.8) is 0 Å². The van der Waals surface area contributed by atoms with E-state index in [1.807, 2.05) is 0 Å². The van der Waals surface area contributed by atoms with Crippen LogP contribution < -0.4 is 0 Å². The first-order valence-corrected chi connectivity index (χ1v) is 7.02. The van der Waals surface area contributed by atoms with Crippen molar-refractivity contribution in [3.05, 3.63) is 35.4 Å². The zero-order valence-corrected chi connectivity index (χ0v) is 12.6. The molecule has 0 amide bonds. The summed E-state index contributed by atoms with van der Waals surface area (Å²) in [6.45, 7) is 11.3. The van der Waals surface area contributed by atoms with Crippen molar-refractivity contribution in [2.24, 2.45) is 0 Å². The zero-order valence-electron chi connectivity index (χ0n) is 11.0. The Bertz CT molecular complexity index is 318. The van der Waals surface area contributed by atoms with Crippen molar-refractivity contribution < 1.29 is 0 Å². The van der Waals surface area contributed by atoms with Gasteiger partial charge in [0.2, 0.25) is 0 Å². The second kappa shape index (κ2) is 5.35. The van der Waals surface area contributed by atoms with E-state index in [0.29, 0.717) is 10.7 Å². The highest BCUT2D eigenvalue weighted by Crippen LogP contribution is 2.29. The topological polar surface area (TPSA) is 0 Å². The van der Waals surface area contributed by atoms with Crippen LogP contribution in [0.25, 0.3) is 0 Å². The van der Waals surface area contributed by atoms with Gasteiger partial charge in [0.15, 0.2) is 0 Å². The van der Waals surface area contributed by atoms with Crippen molar-refractivity contribution in [1.82, 2.24) is 0 Å². The average molecular weight is 283 g/mol. The van der Waals surface area contributed by atoms with Gasteiger partial charge in [-0.15, -0.1) is 0 Å². The molecule has 0 nitrogen and oxygen atoms in total. The molecule has 1 rings (SSSR count). The van der Waals surface area contributed by atoms with Crippen LogP contribution >= 0.6 is 15.9 Å². The third kappa shape index (κ3) is 3.35. The summed E-state index contributed by atoms with van der Waals surface area (Å²) in [4.78, 5) is 0.577. The Morgan fingerprint density at radius 2 is 1.62 bits per heavy atom. The molecule has 0 aliphatic carbocycles. The molecule has 0 heterocycles. The molecule has 0 aliphatic heterocycles. The highest BCUT2D eigenvalue weighted by atomic mass is 79.9. The molecule has 2 unspecified atom stereocenters. The molecule has 90 valence electrons. The van der Waals surface area contributed by atoms with Crippen molar-refractivity contribution in [1.29, 1.82) is 0 Å². The molecule has 0 fully saturated rings. The molecule has 0 bridgehead atoms. The molecule has 0 aromatic heterocycles. The Kier molecular flexibility index (Phi) is 4.61. The van der Waals surface area contributed by atoms with Crippen LogP contribution in [0.5, 0.6) is 0 Å². The lowest BCUT2D eigenvalue weighted by Gasteiger charge is -2.21. The number of alkyl halides is 1. The van der Waals surface area contributed by atoms with Gasteiger partial charge in [-0.3, -0.25) is 0 Å².